The number of rotatable bonds is 4. The van der Waals surface area contributed by atoms with Gasteiger partial charge in [-0.25, -0.2) is 4.79 Å². The third-order valence-corrected chi connectivity index (χ3v) is 5.75. The summed E-state index contributed by atoms with van der Waals surface area (Å²) in [5.41, 5.74) is 2.74. The Morgan fingerprint density at radius 2 is 2.11 bits per heavy atom. The van der Waals surface area contributed by atoms with Crippen molar-refractivity contribution in [2.45, 2.75) is 25.8 Å². The van der Waals surface area contributed by atoms with Gasteiger partial charge >= 0.3 is 5.69 Å². The van der Waals surface area contributed by atoms with Gasteiger partial charge in [-0.3, -0.25) is 14.5 Å². The summed E-state index contributed by atoms with van der Waals surface area (Å²) in [7, 11) is 0. The van der Waals surface area contributed by atoms with Crippen LogP contribution < -0.4 is 11.0 Å². The number of carbonyl (C=O) groups is 1. The van der Waals surface area contributed by atoms with E-state index in [4.69, 9.17) is 0 Å². The first kappa shape index (κ1) is 16.1. The lowest BCUT2D eigenvalue weighted by Crippen LogP contribution is -2.14. The molecule has 1 aliphatic carbocycles. The number of aromatic amines is 2. The molecule has 5 rings (SSSR count). The lowest BCUT2D eigenvalue weighted by molar-refractivity contribution is 0.102. The van der Waals surface area contributed by atoms with Gasteiger partial charge in [-0.05, 0) is 50.1 Å². The molecular formula is C19H17N5O2S. The minimum atomic E-state index is -0.266. The first-order valence-corrected chi connectivity index (χ1v) is 9.58. The van der Waals surface area contributed by atoms with E-state index in [0.717, 1.165) is 28.9 Å². The third-order valence-electron chi connectivity index (χ3n) is 4.72. The number of nitrogens with one attached hydrogen (secondary N) is 3. The molecule has 0 atom stereocenters. The molecule has 0 spiro atoms. The summed E-state index contributed by atoms with van der Waals surface area (Å²) in [6.07, 6.45) is 2.06. The van der Waals surface area contributed by atoms with Gasteiger partial charge in [0, 0.05) is 22.5 Å². The van der Waals surface area contributed by atoms with E-state index in [0.29, 0.717) is 16.9 Å². The number of benzene rings is 1. The van der Waals surface area contributed by atoms with Crippen LogP contribution in [-0.2, 0) is 0 Å². The zero-order valence-electron chi connectivity index (χ0n) is 14.6. The maximum atomic E-state index is 12.6. The summed E-state index contributed by atoms with van der Waals surface area (Å²) in [4.78, 5) is 29.8. The van der Waals surface area contributed by atoms with Crippen LogP contribution in [0.1, 0.15) is 34.1 Å². The average Bonchev–Trinajstić information content (AvgIpc) is 3.06. The van der Waals surface area contributed by atoms with Gasteiger partial charge in [0.25, 0.3) is 5.91 Å². The Balaban J connectivity index is 1.39. The normalized spacial score (nSPS) is 14.0. The van der Waals surface area contributed by atoms with Crippen LogP contribution in [0, 0.1) is 6.92 Å². The molecule has 27 heavy (non-hydrogen) atoms. The summed E-state index contributed by atoms with van der Waals surface area (Å²) in [6.45, 7) is 2.05. The molecule has 1 saturated carbocycles. The minimum absolute atomic E-state index is 0.117. The molecular weight excluding hydrogens is 362 g/mol. The monoisotopic (exact) mass is 379 g/mol. The highest BCUT2D eigenvalue weighted by molar-refractivity contribution is 7.15. The number of imidazole rings is 1. The number of nitrogens with zero attached hydrogens (tertiary/aromatic N) is 2. The second-order valence-corrected chi connectivity index (χ2v) is 8.08. The van der Waals surface area contributed by atoms with Crippen LogP contribution in [0.2, 0.25) is 0 Å². The van der Waals surface area contributed by atoms with E-state index in [1.54, 1.807) is 28.0 Å². The Bertz CT molecular complexity index is 1220. The van der Waals surface area contributed by atoms with Gasteiger partial charge in [-0.2, -0.15) is 5.10 Å². The molecule has 1 amide bonds. The number of aromatic nitrogens is 4. The molecule has 7 nitrogen and oxygen atoms in total. The second kappa shape index (κ2) is 5.95. The van der Waals surface area contributed by atoms with E-state index in [1.807, 2.05) is 31.2 Å². The topological polar surface area (TPSA) is 95.6 Å². The molecule has 136 valence electrons. The van der Waals surface area contributed by atoms with Gasteiger partial charge in [0.05, 0.1) is 21.6 Å². The van der Waals surface area contributed by atoms with E-state index < -0.39 is 0 Å². The third kappa shape index (κ3) is 2.87. The molecule has 4 aromatic rings. The van der Waals surface area contributed by atoms with Crippen molar-refractivity contribution in [3.63, 3.8) is 0 Å². The molecule has 8 heteroatoms. The van der Waals surface area contributed by atoms with Gasteiger partial charge in [0.1, 0.15) is 0 Å². The Morgan fingerprint density at radius 1 is 1.26 bits per heavy atom. The maximum absolute atomic E-state index is 12.6. The van der Waals surface area contributed by atoms with Crippen molar-refractivity contribution in [1.29, 1.82) is 0 Å². The largest absolute Gasteiger partial charge is 0.326 e. The molecule has 0 aliphatic heterocycles. The first-order valence-electron chi connectivity index (χ1n) is 8.76. The lowest BCUT2D eigenvalue weighted by atomic mass is 10.2. The number of anilines is 1. The van der Waals surface area contributed by atoms with Gasteiger partial charge in [-0.1, -0.05) is 0 Å². The molecule has 0 unspecified atom stereocenters. The molecule has 1 fully saturated rings. The molecule has 0 radical (unpaired) electrons. The van der Waals surface area contributed by atoms with Crippen molar-refractivity contribution < 1.29 is 4.79 Å². The molecule has 1 aliphatic rings. The Kier molecular flexibility index (Phi) is 3.54. The predicted octanol–water partition coefficient (Wildman–Crippen LogP) is 3.68. The van der Waals surface area contributed by atoms with Crippen LogP contribution in [-0.4, -0.2) is 25.7 Å². The highest BCUT2D eigenvalue weighted by Gasteiger charge is 2.27. The van der Waals surface area contributed by atoms with Crippen LogP contribution >= 0.6 is 11.3 Å². The molecule has 3 heterocycles. The number of aryl methyl sites for hydroxylation is 1. The Hall–Kier alpha value is -3.13. The van der Waals surface area contributed by atoms with Crippen molar-refractivity contribution in [2.75, 3.05) is 5.32 Å². The highest BCUT2D eigenvalue weighted by atomic mass is 32.1. The van der Waals surface area contributed by atoms with Crippen LogP contribution in [0.3, 0.4) is 0 Å². The second-order valence-electron chi connectivity index (χ2n) is 6.79. The van der Waals surface area contributed by atoms with E-state index in [1.165, 1.54) is 4.88 Å². The SMILES string of the molecule is Cc1ccc(-c2cc(NC(=O)c3ccc4c(c3)[nH]c(=O)n4C3CC3)n[nH]2)s1. The number of amides is 1. The van der Waals surface area contributed by atoms with E-state index in [-0.39, 0.29) is 17.6 Å². The van der Waals surface area contributed by atoms with Crippen molar-refractivity contribution in [3.8, 4) is 10.6 Å². The standard InChI is InChI=1S/C19H17N5O2S/c1-10-2-7-16(27-10)14-9-17(23-22-14)21-18(25)11-3-6-15-13(8-11)20-19(26)24(15)12-4-5-12/h2-3,6-9,12H,4-5H2,1H3,(H,20,26)(H2,21,22,23,25). The van der Waals surface area contributed by atoms with Crippen molar-refractivity contribution in [1.82, 2.24) is 19.7 Å². The Labute approximate surface area is 158 Å². The molecule has 0 saturated heterocycles. The fourth-order valence-corrected chi connectivity index (χ4v) is 4.08. The molecule has 3 aromatic heterocycles. The summed E-state index contributed by atoms with van der Waals surface area (Å²) in [6, 6.07) is 11.4. The Morgan fingerprint density at radius 3 is 2.85 bits per heavy atom. The highest BCUT2D eigenvalue weighted by Crippen LogP contribution is 2.35. The van der Waals surface area contributed by atoms with E-state index >= 15 is 0 Å². The first-order chi connectivity index (χ1) is 13.1. The van der Waals surface area contributed by atoms with E-state index in [9.17, 15) is 9.59 Å². The summed E-state index contributed by atoms with van der Waals surface area (Å²) in [5.74, 6) is 0.197. The van der Waals surface area contributed by atoms with Gasteiger partial charge in [0.15, 0.2) is 5.82 Å². The predicted molar refractivity (Wildman–Crippen MR) is 105 cm³/mol. The summed E-state index contributed by atoms with van der Waals surface area (Å²) in [5, 5.41) is 9.91. The quantitative estimate of drug-likeness (QED) is 0.505. The van der Waals surface area contributed by atoms with Crippen molar-refractivity contribution >= 4 is 34.1 Å². The maximum Gasteiger partial charge on any atom is 0.326 e. The molecule has 1 aromatic carbocycles. The summed E-state index contributed by atoms with van der Waals surface area (Å²) >= 11 is 1.66. The minimum Gasteiger partial charge on any atom is -0.306 e. The van der Waals surface area contributed by atoms with Crippen molar-refractivity contribution in [2.24, 2.45) is 0 Å². The zero-order valence-corrected chi connectivity index (χ0v) is 15.4. The molecule has 0 bridgehead atoms. The van der Waals surface area contributed by atoms with Crippen LogP contribution in [0.4, 0.5) is 5.82 Å². The fourth-order valence-electron chi connectivity index (χ4n) is 3.25. The number of thiophene rings is 1. The zero-order chi connectivity index (χ0) is 18.5. The number of carbonyl (C=O) groups excluding carboxylic acids is 1. The van der Waals surface area contributed by atoms with Crippen molar-refractivity contribution in [3.05, 3.63) is 57.3 Å². The fraction of sp³-hybridized carbons (Fsp3) is 0.211. The molecule has 3 N–H and O–H groups in total. The number of hydrogen-bond donors (Lipinski definition) is 3. The number of fused-ring (bicyclic) bond motifs is 1. The van der Waals surface area contributed by atoms with Gasteiger partial charge < -0.3 is 10.3 Å². The van der Waals surface area contributed by atoms with E-state index in [2.05, 4.69) is 20.5 Å². The number of hydrogen-bond acceptors (Lipinski definition) is 4. The van der Waals surface area contributed by atoms with Gasteiger partial charge in [-0.15, -0.1) is 11.3 Å². The lowest BCUT2D eigenvalue weighted by Gasteiger charge is -2.03. The average molecular weight is 379 g/mol. The smallest absolute Gasteiger partial charge is 0.306 e. The van der Waals surface area contributed by atoms with Crippen LogP contribution in [0.15, 0.2) is 41.2 Å². The van der Waals surface area contributed by atoms with Crippen LogP contribution in [0.25, 0.3) is 21.6 Å². The number of H-pyrrole nitrogens is 2. The van der Waals surface area contributed by atoms with Crippen LogP contribution in [0.5, 0.6) is 0 Å². The summed E-state index contributed by atoms with van der Waals surface area (Å²) < 4.78 is 1.78. The van der Waals surface area contributed by atoms with Gasteiger partial charge in [0.2, 0.25) is 0 Å².